The Labute approximate surface area is 107 Å². The van der Waals surface area contributed by atoms with Gasteiger partial charge in [-0.05, 0) is 36.2 Å². The predicted octanol–water partition coefficient (Wildman–Crippen LogP) is 3.99. The van der Waals surface area contributed by atoms with Gasteiger partial charge in [0, 0.05) is 10.3 Å². The number of carbonyl (C=O) groups is 1. The van der Waals surface area contributed by atoms with E-state index in [1.54, 1.807) is 11.3 Å². The molecule has 1 atom stereocenters. The summed E-state index contributed by atoms with van der Waals surface area (Å²) >= 11 is 1.63. The molecular formula is C14H20O2S. The molecule has 0 spiro atoms. The van der Waals surface area contributed by atoms with Gasteiger partial charge in [-0.1, -0.05) is 27.2 Å². The quantitative estimate of drug-likeness (QED) is 0.883. The van der Waals surface area contributed by atoms with E-state index >= 15 is 0 Å². The maximum absolute atomic E-state index is 11.1. The Hall–Kier alpha value is -0.830. The molecule has 0 aromatic carbocycles. The first-order valence-corrected chi connectivity index (χ1v) is 7.16. The fraction of sp³-hybridized carbons (Fsp3) is 0.643. The van der Waals surface area contributed by atoms with Crippen molar-refractivity contribution in [3.8, 4) is 0 Å². The summed E-state index contributed by atoms with van der Waals surface area (Å²) in [6, 6.07) is 0. The first-order valence-electron chi connectivity index (χ1n) is 6.28. The lowest BCUT2D eigenvalue weighted by atomic mass is 9.69. The number of thiophene rings is 1. The van der Waals surface area contributed by atoms with Crippen molar-refractivity contribution in [2.24, 2.45) is 11.3 Å². The van der Waals surface area contributed by atoms with Crippen LogP contribution < -0.4 is 0 Å². The van der Waals surface area contributed by atoms with Crippen molar-refractivity contribution in [2.75, 3.05) is 0 Å². The third kappa shape index (κ3) is 2.25. The van der Waals surface area contributed by atoms with Crippen LogP contribution in [0.5, 0.6) is 0 Å². The van der Waals surface area contributed by atoms with E-state index in [9.17, 15) is 4.79 Å². The molecule has 0 aliphatic heterocycles. The van der Waals surface area contributed by atoms with E-state index in [2.05, 4.69) is 20.8 Å². The zero-order valence-electron chi connectivity index (χ0n) is 10.7. The van der Waals surface area contributed by atoms with Crippen molar-refractivity contribution >= 4 is 17.3 Å². The molecule has 1 heterocycles. The Kier molecular flexibility index (Phi) is 3.30. The first-order chi connectivity index (χ1) is 7.95. The Bertz CT molecular complexity index is 431. The molecule has 17 heavy (non-hydrogen) atoms. The molecule has 0 radical (unpaired) electrons. The van der Waals surface area contributed by atoms with Gasteiger partial charge in [0.1, 0.15) is 0 Å². The summed E-state index contributed by atoms with van der Waals surface area (Å²) in [5, 5.41) is 10.9. The molecule has 0 saturated heterocycles. The van der Waals surface area contributed by atoms with Crippen molar-refractivity contribution in [3.63, 3.8) is 0 Å². The Balaban J connectivity index is 2.24. The minimum atomic E-state index is -0.768. The Morgan fingerprint density at radius 1 is 1.59 bits per heavy atom. The SMILES string of the molecule is CCC(C)(C)[C@@H]1CCc2c(C(=O)O)csc2C1. The zero-order valence-corrected chi connectivity index (χ0v) is 11.6. The molecule has 2 nitrogen and oxygen atoms in total. The summed E-state index contributed by atoms with van der Waals surface area (Å²) in [5.41, 5.74) is 2.01. The minimum Gasteiger partial charge on any atom is -0.478 e. The molecule has 1 aromatic heterocycles. The van der Waals surface area contributed by atoms with Crippen LogP contribution in [0.3, 0.4) is 0 Å². The van der Waals surface area contributed by atoms with Crippen LogP contribution in [0.4, 0.5) is 0 Å². The molecular weight excluding hydrogens is 232 g/mol. The van der Waals surface area contributed by atoms with Gasteiger partial charge < -0.3 is 5.11 Å². The lowest BCUT2D eigenvalue weighted by Gasteiger charge is -2.36. The fourth-order valence-corrected chi connectivity index (χ4v) is 3.80. The van der Waals surface area contributed by atoms with Crippen LogP contribution in [0.1, 0.15) is 54.4 Å². The maximum Gasteiger partial charge on any atom is 0.336 e. The van der Waals surface area contributed by atoms with Crippen LogP contribution in [0, 0.1) is 11.3 Å². The topological polar surface area (TPSA) is 37.3 Å². The van der Waals surface area contributed by atoms with Crippen LogP contribution in [0.25, 0.3) is 0 Å². The number of hydrogen-bond donors (Lipinski definition) is 1. The molecule has 1 N–H and O–H groups in total. The Morgan fingerprint density at radius 3 is 2.88 bits per heavy atom. The summed E-state index contributed by atoms with van der Waals surface area (Å²) in [6.45, 7) is 6.90. The van der Waals surface area contributed by atoms with Gasteiger partial charge in [-0.3, -0.25) is 0 Å². The highest BCUT2D eigenvalue weighted by Gasteiger charge is 2.33. The van der Waals surface area contributed by atoms with Crippen molar-refractivity contribution in [3.05, 3.63) is 21.4 Å². The van der Waals surface area contributed by atoms with E-state index in [-0.39, 0.29) is 0 Å². The van der Waals surface area contributed by atoms with Crippen LogP contribution in [0.2, 0.25) is 0 Å². The number of rotatable bonds is 3. The smallest absolute Gasteiger partial charge is 0.336 e. The first kappa shape index (κ1) is 12.6. The number of aromatic carboxylic acids is 1. The van der Waals surface area contributed by atoms with Crippen LogP contribution in [0.15, 0.2) is 5.38 Å². The van der Waals surface area contributed by atoms with Gasteiger partial charge in [0.05, 0.1) is 5.56 Å². The molecule has 1 aliphatic carbocycles. The standard InChI is InChI=1S/C14H20O2S/c1-4-14(2,3)9-5-6-10-11(13(15)16)8-17-12(10)7-9/h8-9H,4-7H2,1-3H3,(H,15,16)/t9-/m1/s1. The van der Waals surface area contributed by atoms with Gasteiger partial charge >= 0.3 is 5.97 Å². The third-order valence-corrected chi connectivity index (χ3v) is 5.45. The van der Waals surface area contributed by atoms with Gasteiger partial charge in [0.25, 0.3) is 0 Å². The van der Waals surface area contributed by atoms with Crippen molar-refractivity contribution in [1.29, 1.82) is 0 Å². The average Bonchev–Trinajstić information content (AvgIpc) is 2.71. The average molecular weight is 252 g/mol. The van der Waals surface area contributed by atoms with Crippen LogP contribution >= 0.6 is 11.3 Å². The molecule has 0 saturated carbocycles. The van der Waals surface area contributed by atoms with Crippen molar-refractivity contribution in [1.82, 2.24) is 0 Å². The highest BCUT2D eigenvalue weighted by atomic mass is 32.1. The van der Waals surface area contributed by atoms with E-state index in [1.165, 1.54) is 11.3 Å². The van der Waals surface area contributed by atoms with Gasteiger partial charge in [0.15, 0.2) is 0 Å². The largest absolute Gasteiger partial charge is 0.478 e. The van der Waals surface area contributed by atoms with E-state index in [1.807, 2.05) is 5.38 Å². The van der Waals surface area contributed by atoms with E-state index in [0.717, 1.165) is 24.8 Å². The summed E-state index contributed by atoms with van der Waals surface area (Å²) in [4.78, 5) is 12.4. The van der Waals surface area contributed by atoms with E-state index < -0.39 is 5.97 Å². The Morgan fingerprint density at radius 2 is 2.29 bits per heavy atom. The van der Waals surface area contributed by atoms with Crippen molar-refractivity contribution < 1.29 is 9.90 Å². The lowest BCUT2D eigenvalue weighted by Crippen LogP contribution is -2.28. The van der Waals surface area contributed by atoms with Gasteiger partial charge in [0.2, 0.25) is 0 Å². The second kappa shape index (κ2) is 4.45. The molecule has 3 heteroatoms. The normalized spacial score (nSPS) is 20.1. The highest BCUT2D eigenvalue weighted by Crippen LogP contribution is 2.42. The van der Waals surface area contributed by atoms with E-state index in [0.29, 0.717) is 16.9 Å². The van der Waals surface area contributed by atoms with Gasteiger partial charge in [-0.15, -0.1) is 11.3 Å². The minimum absolute atomic E-state index is 0.366. The van der Waals surface area contributed by atoms with Gasteiger partial charge in [-0.2, -0.15) is 0 Å². The summed E-state index contributed by atoms with van der Waals surface area (Å²) in [6.07, 6.45) is 4.32. The number of hydrogen-bond acceptors (Lipinski definition) is 2. The number of carboxylic acid groups (broad SMARTS) is 1. The van der Waals surface area contributed by atoms with Crippen LogP contribution in [-0.4, -0.2) is 11.1 Å². The fourth-order valence-electron chi connectivity index (χ4n) is 2.65. The second-order valence-corrected chi connectivity index (χ2v) is 6.60. The molecule has 1 aliphatic rings. The maximum atomic E-state index is 11.1. The molecule has 0 bridgehead atoms. The number of carboxylic acids is 1. The van der Waals surface area contributed by atoms with E-state index in [4.69, 9.17) is 5.11 Å². The molecule has 94 valence electrons. The summed E-state index contributed by atoms with van der Waals surface area (Å²) in [5.74, 6) is -0.0732. The number of fused-ring (bicyclic) bond motifs is 1. The molecule has 0 unspecified atom stereocenters. The van der Waals surface area contributed by atoms with Crippen molar-refractivity contribution in [2.45, 2.75) is 46.5 Å². The second-order valence-electron chi connectivity index (χ2n) is 5.64. The lowest BCUT2D eigenvalue weighted by molar-refractivity contribution is 0.0695. The molecule has 0 amide bonds. The van der Waals surface area contributed by atoms with Gasteiger partial charge in [-0.25, -0.2) is 4.79 Å². The monoisotopic (exact) mass is 252 g/mol. The summed E-state index contributed by atoms with van der Waals surface area (Å²) in [7, 11) is 0. The molecule has 2 rings (SSSR count). The zero-order chi connectivity index (χ0) is 12.6. The molecule has 1 aromatic rings. The third-order valence-electron chi connectivity index (χ3n) is 4.40. The predicted molar refractivity (Wildman–Crippen MR) is 70.9 cm³/mol. The van der Waals surface area contributed by atoms with Crippen LogP contribution in [-0.2, 0) is 12.8 Å². The summed E-state index contributed by atoms with van der Waals surface area (Å²) < 4.78 is 0. The highest BCUT2D eigenvalue weighted by molar-refractivity contribution is 7.10. The molecule has 0 fully saturated rings.